The molecule has 1 aromatic heterocycles. The van der Waals surface area contributed by atoms with Gasteiger partial charge in [-0.3, -0.25) is 19.1 Å². The maximum absolute atomic E-state index is 13.1. The molecule has 0 radical (unpaired) electrons. The Balaban J connectivity index is 1.87. The molecular weight excluding hydrogens is 476 g/mol. The molecule has 0 bridgehead atoms. The van der Waals surface area contributed by atoms with Crippen molar-refractivity contribution in [2.24, 2.45) is 11.7 Å². The molecule has 1 aliphatic carbocycles. The van der Waals surface area contributed by atoms with Crippen molar-refractivity contribution in [3.63, 3.8) is 0 Å². The highest BCUT2D eigenvalue weighted by atomic mass is 79.9. The van der Waals surface area contributed by atoms with Crippen molar-refractivity contribution in [2.45, 2.75) is 32.4 Å². The second-order valence-corrected chi connectivity index (χ2v) is 9.45. The second-order valence-electron chi connectivity index (χ2n) is 8.33. The Hall–Kier alpha value is -1.61. The molecule has 0 spiro atoms. The van der Waals surface area contributed by atoms with E-state index in [2.05, 4.69) is 52.6 Å². The summed E-state index contributed by atoms with van der Waals surface area (Å²) >= 11 is 7.90. The number of hydrogen-bond donors (Lipinski definition) is 2. The van der Waals surface area contributed by atoms with Gasteiger partial charge >= 0.3 is 0 Å². The average Bonchev–Trinajstić information content (AvgIpc) is 3.06. The Bertz CT molecular complexity index is 1080. The van der Waals surface area contributed by atoms with E-state index in [1.54, 1.807) is 4.57 Å². The zero-order chi connectivity index (χ0) is 22.4. The van der Waals surface area contributed by atoms with Crippen molar-refractivity contribution in [1.29, 1.82) is 0 Å². The lowest BCUT2D eigenvalue weighted by molar-refractivity contribution is -0.134. The lowest BCUT2D eigenvalue weighted by Crippen LogP contribution is -2.47. The third-order valence-corrected chi connectivity index (χ3v) is 7.85. The SMILES string of the molecule is CCN(CC)C(=O)[C@@H]1C=C2c3cccc4c3c(c(Br)n4C(=O)[C@@H](N)CS)C[C@H]2N(C)C1. The van der Waals surface area contributed by atoms with Gasteiger partial charge in [0.15, 0.2) is 0 Å². The quantitative estimate of drug-likeness (QED) is 0.613. The van der Waals surface area contributed by atoms with Crippen LogP contribution in [0, 0.1) is 5.92 Å². The van der Waals surface area contributed by atoms with Gasteiger partial charge in [-0.05, 0) is 66.0 Å². The van der Waals surface area contributed by atoms with Gasteiger partial charge in [0.05, 0.1) is 22.1 Å². The van der Waals surface area contributed by atoms with Crippen molar-refractivity contribution in [1.82, 2.24) is 14.4 Å². The molecule has 2 N–H and O–H groups in total. The number of rotatable bonds is 5. The molecule has 4 rings (SSSR count). The fourth-order valence-corrected chi connectivity index (χ4v) is 5.86. The normalized spacial score (nSPS) is 21.5. The minimum atomic E-state index is -0.673. The third kappa shape index (κ3) is 3.57. The molecule has 0 saturated heterocycles. The van der Waals surface area contributed by atoms with Gasteiger partial charge in [0.2, 0.25) is 11.8 Å². The highest BCUT2D eigenvalue weighted by Gasteiger charge is 2.38. The maximum Gasteiger partial charge on any atom is 0.249 e. The highest BCUT2D eigenvalue weighted by molar-refractivity contribution is 9.10. The smallest absolute Gasteiger partial charge is 0.249 e. The number of thiol groups is 1. The Kier molecular flexibility index (Phi) is 6.36. The topological polar surface area (TPSA) is 71.6 Å². The number of benzene rings is 1. The summed E-state index contributed by atoms with van der Waals surface area (Å²) in [7, 11) is 2.08. The van der Waals surface area contributed by atoms with Gasteiger partial charge in [0.25, 0.3) is 0 Å². The first kappa shape index (κ1) is 22.6. The van der Waals surface area contributed by atoms with E-state index in [4.69, 9.17) is 5.73 Å². The number of amides is 1. The van der Waals surface area contributed by atoms with Crippen LogP contribution in [0.1, 0.15) is 29.8 Å². The number of carbonyl (C=O) groups is 2. The first-order valence-corrected chi connectivity index (χ1v) is 12.2. The van der Waals surface area contributed by atoms with Crippen LogP contribution in [0.5, 0.6) is 0 Å². The molecule has 2 heterocycles. The van der Waals surface area contributed by atoms with Crippen LogP contribution in [0.3, 0.4) is 0 Å². The molecular formula is C23H29BrN4O2S. The fraction of sp³-hybridized carbons (Fsp3) is 0.478. The summed E-state index contributed by atoms with van der Waals surface area (Å²) in [6.45, 7) is 6.15. The zero-order valence-electron chi connectivity index (χ0n) is 18.1. The highest BCUT2D eigenvalue weighted by Crippen LogP contribution is 2.45. The zero-order valence-corrected chi connectivity index (χ0v) is 20.6. The van der Waals surface area contributed by atoms with E-state index >= 15 is 0 Å². The van der Waals surface area contributed by atoms with E-state index in [1.165, 1.54) is 5.57 Å². The molecule has 1 aliphatic heterocycles. The van der Waals surface area contributed by atoms with Crippen LogP contribution in [0.25, 0.3) is 16.5 Å². The molecule has 1 aromatic carbocycles. The Morgan fingerprint density at radius 1 is 1.32 bits per heavy atom. The number of halogens is 1. The molecule has 2 aliphatic rings. The minimum absolute atomic E-state index is 0.166. The summed E-state index contributed by atoms with van der Waals surface area (Å²) in [5.74, 6) is 0.121. The van der Waals surface area contributed by atoms with Crippen LogP contribution in [-0.2, 0) is 11.2 Å². The number of nitrogens with two attached hydrogens (primary N) is 1. The van der Waals surface area contributed by atoms with E-state index in [9.17, 15) is 9.59 Å². The number of fused-ring (bicyclic) bond motifs is 2. The summed E-state index contributed by atoms with van der Waals surface area (Å²) in [6, 6.07) is 5.53. The van der Waals surface area contributed by atoms with Crippen molar-refractivity contribution in [3.8, 4) is 0 Å². The van der Waals surface area contributed by atoms with Crippen LogP contribution < -0.4 is 5.73 Å². The van der Waals surface area contributed by atoms with Crippen molar-refractivity contribution in [3.05, 3.63) is 40.0 Å². The minimum Gasteiger partial charge on any atom is -0.343 e. The number of nitrogens with zero attached hydrogens (tertiary/aromatic N) is 3. The first-order chi connectivity index (χ1) is 14.8. The standard InChI is InChI=1S/C23H29BrN4O2S/c1-4-27(5-2)22(29)13-9-15-14-7-6-8-18-20(14)16(10-19(15)26(3)11-13)21(24)28(18)23(30)17(25)12-31/h6-9,13,17,19,31H,4-5,10-12,25H2,1-3H3/t13-,17+,19-/m1/s1. The molecule has 8 heteroatoms. The number of hydrogen-bond acceptors (Lipinski definition) is 5. The molecule has 2 aromatic rings. The number of carbonyl (C=O) groups excluding carboxylic acids is 2. The van der Waals surface area contributed by atoms with Crippen molar-refractivity contribution < 1.29 is 9.59 Å². The molecule has 166 valence electrons. The number of likely N-dealkylation sites (N-methyl/N-ethyl adjacent to an activating group) is 1. The van der Waals surface area contributed by atoms with Gasteiger partial charge in [0, 0.05) is 36.8 Å². The predicted octanol–water partition coefficient (Wildman–Crippen LogP) is 3.04. The third-order valence-electron chi connectivity index (χ3n) is 6.62. The average molecular weight is 505 g/mol. The summed E-state index contributed by atoms with van der Waals surface area (Å²) in [5.41, 5.74) is 10.3. The van der Waals surface area contributed by atoms with E-state index < -0.39 is 6.04 Å². The lowest BCUT2D eigenvalue weighted by atomic mass is 9.79. The molecule has 0 unspecified atom stereocenters. The van der Waals surface area contributed by atoms with Gasteiger partial charge in [-0.1, -0.05) is 18.2 Å². The Labute approximate surface area is 197 Å². The summed E-state index contributed by atoms with van der Waals surface area (Å²) < 4.78 is 2.46. The number of aromatic nitrogens is 1. The monoisotopic (exact) mass is 504 g/mol. The second kappa shape index (κ2) is 8.73. The predicted molar refractivity (Wildman–Crippen MR) is 132 cm³/mol. The van der Waals surface area contributed by atoms with Crippen LogP contribution in [0.15, 0.2) is 28.9 Å². The van der Waals surface area contributed by atoms with Crippen molar-refractivity contribution in [2.75, 3.05) is 32.4 Å². The Morgan fingerprint density at radius 2 is 2.03 bits per heavy atom. The summed E-state index contributed by atoms with van der Waals surface area (Å²) in [6.07, 6.45) is 2.94. The van der Waals surface area contributed by atoms with E-state index in [0.717, 1.165) is 33.1 Å². The molecule has 0 fully saturated rings. The lowest BCUT2D eigenvalue weighted by Gasteiger charge is -2.40. The van der Waals surface area contributed by atoms with Gasteiger partial charge in [-0.2, -0.15) is 12.6 Å². The maximum atomic E-state index is 13.1. The van der Waals surface area contributed by atoms with Crippen LogP contribution in [0.4, 0.5) is 0 Å². The molecule has 3 atom stereocenters. The van der Waals surface area contributed by atoms with Gasteiger partial charge in [-0.15, -0.1) is 0 Å². The fourth-order valence-electron chi connectivity index (χ4n) is 4.98. The van der Waals surface area contributed by atoms with E-state index in [0.29, 0.717) is 19.6 Å². The molecule has 6 nitrogen and oxygen atoms in total. The molecule has 0 saturated carbocycles. The molecule has 31 heavy (non-hydrogen) atoms. The van der Waals surface area contributed by atoms with E-state index in [1.807, 2.05) is 30.9 Å². The summed E-state index contributed by atoms with van der Waals surface area (Å²) in [4.78, 5) is 30.3. The van der Waals surface area contributed by atoms with Crippen LogP contribution in [0.2, 0.25) is 0 Å². The van der Waals surface area contributed by atoms with Crippen molar-refractivity contribution >= 4 is 56.8 Å². The van der Waals surface area contributed by atoms with Gasteiger partial charge < -0.3 is 10.6 Å². The van der Waals surface area contributed by atoms with Gasteiger partial charge in [0.1, 0.15) is 0 Å². The molecule has 1 amide bonds. The summed E-state index contributed by atoms with van der Waals surface area (Å²) in [5, 5.41) is 1.07. The van der Waals surface area contributed by atoms with Crippen LogP contribution in [-0.4, -0.2) is 70.7 Å². The Morgan fingerprint density at radius 3 is 2.68 bits per heavy atom. The first-order valence-electron chi connectivity index (χ1n) is 10.8. The van der Waals surface area contributed by atoms with Crippen LogP contribution >= 0.6 is 28.6 Å². The van der Waals surface area contributed by atoms with Gasteiger partial charge in [-0.25, -0.2) is 0 Å². The largest absolute Gasteiger partial charge is 0.343 e. The van der Waals surface area contributed by atoms with E-state index in [-0.39, 0.29) is 29.5 Å².